The predicted octanol–water partition coefficient (Wildman–Crippen LogP) is 0.251. The fourth-order valence-electron chi connectivity index (χ4n) is 1.04. The van der Waals surface area contributed by atoms with Crippen molar-refractivity contribution in [1.29, 1.82) is 0 Å². The van der Waals surface area contributed by atoms with E-state index >= 15 is 0 Å². The lowest BCUT2D eigenvalue weighted by Crippen LogP contribution is -2.29. The van der Waals surface area contributed by atoms with Crippen LogP contribution in [0.4, 0.5) is 0 Å². The van der Waals surface area contributed by atoms with E-state index in [1.807, 2.05) is 6.07 Å². The summed E-state index contributed by atoms with van der Waals surface area (Å²) in [6.07, 6.45) is 1.62. The van der Waals surface area contributed by atoms with Gasteiger partial charge in [-0.2, -0.15) is 0 Å². The van der Waals surface area contributed by atoms with E-state index in [1.54, 1.807) is 18.3 Å². The highest BCUT2D eigenvalue weighted by molar-refractivity contribution is 5.73. The monoisotopic (exact) mass is 180 g/mol. The van der Waals surface area contributed by atoms with E-state index < -0.39 is 6.04 Å². The van der Waals surface area contributed by atoms with Crippen molar-refractivity contribution < 1.29 is 9.90 Å². The molecule has 1 aromatic heterocycles. The highest BCUT2D eigenvalue weighted by Crippen LogP contribution is 2.07. The molecule has 0 unspecified atom stereocenters. The summed E-state index contributed by atoms with van der Waals surface area (Å²) >= 11 is 0. The molecule has 0 aliphatic heterocycles. The van der Waals surface area contributed by atoms with Gasteiger partial charge in [0.05, 0.1) is 18.3 Å². The lowest BCUT2D eigenvalue weighted by Gasteiger charge is -2.13. The Labute approximate surface area is 76.6 Å². The molecule has 70 valence electrons. The molecule has 0 fully saturated rings. The maximum atomic E-state index is 10.7. The van der Waals surface area contributed by atoms with Crippen LogP contribution in [0.15, 0.2) is 24.4 Å². The number of aromatic nitrogens is 1. The average Bonchev–Trinajstić information content (AvgIpc) is 2.15. The third-order valence-electron chi connectivity index (χ3n) is 1.60. The van der Waals surface area contributed by atoms with Gasteiger partial charge in [-0.05, 0) is 12.1 Å². The van der Waals surface area contributed by atoms with E-state index in [-0.39, 0.29) is 12.5 Å². The molecule has 0 saturated heterocycles. The molecule has 0 spiro atoms. The maximum absolute atomic E-state index is 10.7. The highest BCUT2D eigenvalue weighted by Gasteiger charge is 2.11. The molecule has 4 heteroatoms. The number of carbonyl (C=O) groups excluding carboxylic acids is 1. The minimum atomic E-state index is -0.404. The highest BCUT2D eigenvalue weighted by atomic mass is 16.3. The first-order valence-electron chi connectivity index (χ1n) is 4.03. The first kappa shape index (κ1) is 9.67. The Morgan fingerprint density at radius 1 is 1.69 bits per heavy atom. The zero-order chi connectivity index (χ0) is 9.68. The van der Waals surface area contributed by atoms with Crippen LogP contribution in [0.2, 0.25) is 0 Å². The van der Waals surface area contributed by atoms with E-state index in [0.717, 1.165) is 0 Å². The number of hydrogen-bond donors (Lipinski definition) is 2. The smallest absolute Gasteiger partial charge is 0.217 e. The van der Waals surface area contributed by atoms with Crippen LogP contribution >= 0.6 is 0 Å². The summed E-state index contributed by atoms with van der Waals surface area (Å²) in [5, 5.41) is 11.6. The molecule has 0 aliphatic carbocycles. The summed E-state index contributed by atoms with van der Waals surface area (Å²) in [5.41, 5.74) is 0.667. The number of aliphatic hydroxyl groups excluding tert-OH is 1. The van der Waals surface area contributed by atoms with Gasteiger partial charge in [0, 0.05) is 13.1 Å². The Kier molecular flexibility index (Phi) is 3.40. The first-order chi connectivity index (χ1) is 6.24. The summed E-state index contributed by atoms with van der Waals surface area (Å²) in [6.45, 7) is 1.27. The van der Waals surface area contributed by atoms with Gasteiger partial charge in [-0.3, -0.25) is 9.78 Å². The van der Waals surface area contributed by atoms with Crippen LogP contribution in [0.3, 0.4) is 0 Å². The number of rotatable bonds is 3. The van der Waals surface area contributed by atoms with Crippen LogP contribution in [-0.2, 0) is 4.79 Å². The number of aliphatic hydroxyl groups is 1. The molecule has 0 aliphatic rings. The molecule has 4 nitrogen and oxygen atoms in total. The normalized spacial score (nSPS) is 12.2. The van der Waals surface area contributed by atoms with Crippen molar-refractivity contribution in [2.45, 2.75) is 13.0 Å². The summed E-state index contributed by atoms with van der Waals surface area (Å²) in [4.78, 5) is 14.8. The van der Waals surface area contributed by atoms with Gasteiger partial charge in [-0.1, -0.05) is 6.07 Å². The van der Waals surface area contributed by atoms with Gasteiger partial charge in [0.25, 0.3) is 0 Å². The van der Waals surface area contributed by atoms with Gasteiger partial charge in [0.1, 0.15) is 0 Å². The zero-order valence-electron chi connectivity index (χ0n) is 7.40. The zero-order valence-corrected chi connectivity index (χ0v) is 7.40. The van der Waals surface area contributed by atoms with Crippen LogP contribution < -0.4 is 5.32 Å². The summed E-state index contributed by atoms with van der Waals surface area (Å²) in [6, 6.07) is 4.95. The van der Waals surface area contributed by atoms with E-state index in [2.05, 4.69) is 10.3 Å². The summed E-state index contributed by atoms with van der Waals surface area (Å²) in [5.74, 6) is -0.176. The van der Waals surface area contributed by atoms with Crippen LogP contribution in [0, 0.1) is 0 Å². The second kappa shape index (κ2) is 4.57. The van der Waals surface area contributed by atoms with Crippen molar-refractivity contribution >= 4 is 5.91 Å². The van der Waals surface area contributed by atoms with Crippen molar-refractivity contribution in [1.82, 2.24) is 10.3 Å². The molecule has 1 rings (SSSR count). The van der Waals surface area contributed by atoms with E-state index in [4.69, 9.17) is 5.11 Å². The molecular weight excluding hydrogens is 168 g/mol. The van der Waals surface area contributed by atoms with Crippen molar-refractivity contribution in [3.8, 4) is 0 Å². The topological polar surface area (TPSA) is 62.2 Å². The average molecular weight is 180 g/mol. The lowest BCUT2D eigenvalue weighted by atomic mass is 10.2. The summed E-state index contributed by atoms with van der Waals surface area (Å²) < 4.78 is 0. The molecule has 0 aromatic carbocycles. The van der Waals surface area contributed by atoms with Gasteiger partial charge in [0.2, 0.25) is 5.91 Å². The number of amides is 1. The van der Waals surface area contributed by atoms with Crippen LogP contribution in [0.1, 0.15) is 18.7 Å². The van der Waals surface area contributed by atoms with Gasteiger partial charge in [-0.15, -0.1) is 0 Å². The third-order valence-corrected chi connectivity index (χ3v) is 1.60. The number of carbonyl (C=O) groups is 1. The van der Waals surface area contributed by atoms with Gasteiger partial charge >= 0.3 is 0 Å². The van der Waals surface area contributed by atoms with Crippen molar-refractivity contribution in [3.63, 3.8) is 0 Å². The Morgan fingerprint density at radius 3 is 2.92 bits per heavy atom. The molecular formula is C9H12N2O2. The van der Waals surface area contributed by atoms with Gasteiger partial charge in [0.15, 0.2) is 0 Å². The standard InChI is InChI=1S/C9H12N2O2/c1-7(13)11-9(6-12)8-4-2-3-5-10-8/h2-5,9,12H,6H2,1H3,(H,11,13)/t9-/m1/s1. The van der Waals surface area contributed by atoms with E-state index in [1.165, 1.54) is 6.92 Å². The van der Waals surface area contributed by atoms with Crippen LogP contribution in [0.25, 0.3) is 0 Å². The molecule has 1 amide bonds. The largest absolute Gasteiger partial charge is 0.394 e. The predicted molar refractivity (Wildman–Crippen MR) is 47.9 cm³/mol. The lowest BCUT2D eigenvalue weighted by molar-refractivity contribution is -0.120. The second-order valence-corrected chi connectivity index (χ2v) is 2.69. The first-order valence-corrected chi connectivity index (χ1v) is 4.03. The molecule has 1 heterocycles. The van der Waals surface area contributed by atoms with Gasteiger partial charge in [-0.25, -0.2) is 0 Å². The molecule has 2 N–H and O–H groups in total. The molecule has 1 aromatic rings. The minimum Gasteiger partial charge on any atom is -0.394 e. The number of nitrogens with zero attached hydrogens (tertiary/aromatic N) is 1. The molecule has 13 heavy (non-hydrogen) atoms. The van der Waals surface area contributed by atoms with Crippen molar-refractivity contribution in [2.75, 3.05) is 6.61 Å². The fourth-order valence-corrected chi connectivity index (χ4v) is 1.04. The quantitative estimate of drug-likeness (QED) is 0.701. The Bertz CT molecular complexity index is 274. The maximum Gasteiger partial charge on any atom is 0.217 e. The van der Waals surface area contributed by atoms with Crippen LogP contribution in [-0.4, -0.2) is 22.6 Å². The Balaban J connectivity index is 2.73. The molecule has 1 atom stereocenters. The van der Waals surface area contributed by atoms with Crippen molar-refractivity contribution in [3.05, 3.63) is 30.1 Å². The van der Waals surface area contributed by atoms with E-state index in [0.29, 0.717) is 5.69 Å². The van der Waals surface area contributed by atoms with E-state index in [9.17, 15) is 4.79 Å². The SMILES string of the molecule is CC(=O)N[C@H](CO)c1ccccn1. The summed E-state index contributed by atoms with van der Waals surface area (Å²) in [7, 11) is 0. The van der Waals surface area contributed by atoms with Crippen LogP contribution in [0.5, 0.6) is 0 Å². The molecule has 0 saturated carbocycles. The Hall–Kier alpha value is -1.42. The number of nitrogens with one attached hydrogen (secondary N) is 1. The van der Waals surface area contributed by atoms with Crippen molar-refractivity contribution in [2.24, 2.45) is 0 Å². The van der Waals surface area contributed by atoms with Gasteiger partial charge < -0.3 is 10.4 Å². The third kappa shape index (κ3) is 2.83. The minimum absolute atomic E-state index is 0.142. The number of pyridine rings is 1. The molecule has 0 radical (unpaired) electrons. The Morgan fingerprint density at radius 2 is 2.46 bits per heavy atom. The fraction of sp³-hybridized carbons (Fsp3) is 0.333. The molecule has 0 bridgehead atoms. The number of hydrogen-bond acceptors (Lipinski definition) is 3. The second-order valence-electron chi connectivity index (χ2n) is 2.69.